The molecule has 0 radical (unpaired) electrons. The normalized spacial score (nSPS) is 16.4. The zero-order chi connectivity index (χ0) is 18.7. The molecule has 2 heterocycles. The minimum atomic E-state index is -0.442. The van der Waals surface area contributed by atoms with Gasteiger partial charge in [0, 0.05) is 38.8 Å². The molecule has 7 heteroatoms. The van der Waals surface area contributed by atoms with Crippen molar-refractivity contribution in [2.24, 2.45) is 0 Å². The van der Waals surface area contributed by atoms with E-state index in [1.807, 2.05) is 0 Å². The van der Waals surface area contributed by atoms with Gasteiger partial charge in [-0.2, -0.15) is 0 Å². The number of hydrogen-bond acceptors (Lipinski definition) is 4. The highest BCUT2D eigenvalue weighted by atomic mass is 19.1. The molecular formula is C19H20FN3O3. The summed E-state index contributed by atoms with van der Waals surface area (Å²) in [5.41, 5.74) is 0.694. The van der Waals surface area contributed by atoms with Crippen molar-refractivity contribution in [3.63, 3.8) is 0 Å². The number of nitrogens with zero attached hydrogens (tertiary/aromatic N) is 3. The quantitative estimate of drug-likeness (QED) is 0.842. The number of halogens is 1. The second kappa shape index (κ2) is 7.51. The van der Waals surface area contributed by atoms with Crippen LogP contribution < -0.4 is 4.74 Å². The van der Waals surface area contributed by atoms with Crippen molar-refractivity contribution >= 4 is 11.8 Å². The summed E-state index contributed by atoms with van der Waals surface area (Å²) in [6.07, 6.45) is 1.91. The Balaban J connectivity index is 1.69. The van der Waals surface area contributed by atoms with E-state index in [0.29, 0.717) is 30.6 Å². The first-order chi connectivity index (χ1) is 12.5. The number of amides is 2. The molecule has 0 saturated carbocycles. The second-order valence-corrected chi connectivity index (χ2v) is 6.35. The van der Waals surface area contributed by atoms with Gasteiger partial charge in [0.1, 0.15) is 17.5 Å². The molecule has 1 unspecified atom stereocenters. The lowest BCUT2D eigenvalue weighted by Crippen LogP contribution is -2.31. The highest BCUT2D eigenvalue weighted by molar-refractivity contribution is 5.96. The molecule has 26 heavy (non-hydrogen) atoms. The van der Waals surface area contributed by atoms with E-state index in [0.717, 1.165) is 0 Å². The van der Waals surface area contributed by atoms with Crippen molar-refractivity contribution in [2.45, 2.75) is 12.5 Å². The van der Waals surface area contributed by atoms with Crippen LogP contribution in [0.5, 0.6) is 5.88 Å². The van der Waals surface area contributed by atoms with Crippen molar-refractivity contribution in [3.05, 3.63) is 59.5 Å². The van der Waals surface area contributed by atoms with Crippen LogP contribution in [0.15, 0.2) is 42.6 Å². The third kappa shape index (κ3) is 3.82. The summed E-state index contributed by atoms with van der Waals surface area (Å²) in [6, 6.07) is 8.97. The van der Waals surface area contributed by atoms with Crippen LogP contribution in [0.2, 0.25) is 0 Å². The molecule has 1 aromatic carbocycles. The van der Waals surface area contributed by atoms with E-state index in [1.54, 1.807) is 43.4 Å². The van der Waals surface area contributed by atoms with E-state index in [2.05, 4.69) is 4.98 Å². The molecular weight excluding hydrogens is 337 g/mol. The Bertz CT molecular complexity index is 825. The van der Waals surface area contributed by atoms with Crippen LogP contribution in [-0.2, 0) is 0 Å². The molecule has 0 spiro atoms. The molecule has 1 aliphatic heterocycles. The van der Waals surface area contributed by atoms with Gasteiger partial charge in [-0.3, -0.25) is 9.59 Å². The lowest BCUT2D eigenvalue weighted by molar-refractivity contribution is 0.0762. The summed E-state index contributed by atoms with van der Waals surface area (Å²) >= 11 is 0. The van der Waals surface area contributed by atoms with Gasteiger partial charge in [-0.15, -0.1) is 0 Å². The maximum Gasteiger partial charge on any atom is 0.258 e. The average molecular weight is 357 g/mol. The van der Waals surface area contributed by atoms with Crippen molar-refractivity contribution in [1.29, 1.82) is 0 Å². The Morgan fingerprint density at radius 3 is 2.81 bits per heavy atom. The van der Waals surface area contributed by atoms with Crippen molar-refractivity contribution in [2.75, 3.05) is 27.2 Å². The molecule has 1 saturated heterocycles. The van der Waals surface area contributed by atoms with Gasteiger partial charge in [-0.1, -0.05) is 6.07 Å². The number of carbonyl (C=O) groups excluding carboxylic acids is 2. The molecule has 0 aliphatic carbocycles. The van der Waals surface area contributed by atoms with Gasteiger partial charge in [0.25, 0.3) is 11.8 Å². The molecule has 1 aromatic heterocycles. The van der Waals surface area contributed by atoms with E-state index in [9.17, 15) is 14.0 Å². The van der Waals surface area contributed by atoms with Gasteiger partial charge in [0.2, 0.25) is 5.88 Å². The molecule has 0 N–H and O–H groups in total. The summed E-state index contributed by atoms with van der Waals surface area (Å²) in [5.74, 6) is -0.612. The summed E-state index contributed by atoms with van der Waals surface area (Å²) in [7, 11) is 3.32. The maximum atomic E-state index is 13.3. The summed E-state index contributed by atoms with van der Waals surface area (Å²) in [4.78, 5) is 32.0. The minimum absolute atomic E-state index is 0.196. The van der Waals surface area contributed by atoms with Crippen molar-refractivity contribution < 1.29 is 18.7 Å². The van der Waals surface area contributed by atoms with E-state index in [1.165, 1.54) is 23.1 Å². The fourth-order valence-electron chi connectivity index (χ4n) is 2.86. The standard InChI is InChI=1S/C19H20FN3O3/c1-22(2)19(25)16-7-4-9-21-17(16)26-15-8-10-23(12-15)18(24)13-5-3-6-14(20)11-13/h3-7,9,11,15H,8,10,12H2,1-2H3. The fraction of sp³-hybridized carbons (Fsp3) is 0.316. The van der Waals surface area contributed by atoms with Gasteiger partial charge in [0.15, 0.2) is 0 Å². The third-order valence-corrected chi connectivity index (χ3v) is 4.19. The van der Waals surface area contributed by atoms with Gasteiger partial charge in [0.05, 0.1) is 6.54 Å². The highest BCUT2D eigenvalue weighted by Crippen LogP contribution is 2.22. The minimum Gasteiger partial charge on any atom is -0.472 e. The number of carbonyl (C=O) groups is 2. The monoisotopic (exact) mass is 357 g/mol. The molecule has 0 bridgehead atoms. The van der Waals surface area contributed by atoms with Gasteiger partial charge >= 0.3 is 0 Å². The first-order valence-corrected chi connectivity index (χ1v) is 8.34. The van der Waals surface area contributed by atoms with Crippen LogP contribution in [0.3, 0.4) is 0 Å². The lowest BCUT2D eigenvalue weighted by atomic mass is 10.2. The molecule has 2 aromatic rings. The molecule has 1 atom stereocenters. The zero-order valence-electron chi connectivity index (χ0n) is 14.7. The Morgan fingerprint density at radius 2 is 2.08 bits per heavy atom. The number of hydrogen-bond donors (Lipinski definition) is 0. The second-order valence-electron chi connectivity index (χ2n) is 6.35. The Hall–Kier alpha value is -2.96. The maximum absolute atomic E-state index is 13.3. The summed E-state index contributed by atoms with van der Waals surface area (Å²) < 4.78 is 19.2. The van der Waals surface area contributed by atoms with E-state index in [4.69, 9.17) is 4.74 Å². The first kappa shape index (κ1) is 17.8. The van der Waals surface area contributed by atoms with Crippen LogP contribution in [0.25, 0.3) is 0 Å². The predicted octanol–water partition coefficient (Wildman–Crippen LogP) is 2.22. The first-order valence-electron chi connectivity index (χ1n) is 8.34. The van der Waals surface area contributed by atoms with E-state index < -0.39 is 5.82 Å². The van der Waals surface area contributed by atoms with Crippen LogP contribution in [0.1, 0.15) is 27.1 Å². The molecule has 1 aliphatic rings. The topological polar surface area (TPSA) is 62.7 Å². The van der Waals surface area contributed by atoms with Gasteiger partial charge in [-0.25, -0.2) is 9.37 Å². The number of aromatic nitrogens is 1. The highest BCUT2D eigenvalue weighted by Gasteiger charge is 2.30. The van der Waals surface area contributed by atoms with E-state index in [-0.39, 0.29) is 23.8 Å². The molecule has 2 amide bonds. The lowest BCUT2D eigenvalue weighted by Gasteiger charge is -2.18. The van der Waals surface area contributed by atoms with Gasteiger partial charge < -0.3 is 14.5 Å². The van der Waals surface area contributed by atoms with E-state index >= 15 is 0 Å². The Kier molecular flexibility index (Phi) is 5.16. The predicted molar refractivity (Wildman–Crippen MR) is 93.6 cm³/mol. The van der Waals surface area contributed by atoms with Crippen molar-refractivity contribution in [3.8, 4) is 5.88 Å². The Morgan fingerprint density at radius 1 is 1.27 bits per heavy atom. The smallest absolute Gasteiger partial charge is 0.258 e. The van der Waals surface area contributed by atoms with Gasteiger partial charge in [-0.05, 0) is 30.3 Å². The molecule has 136 valence electrons. The summed E-state index contributed by atoms with van der Waals surface area (Å²) in [6.45, 7) is 0.866. The third-order valence-electron chi connectivity index (χ3n) is 4.19. The molecule has 6 nitrogen and oxygen atoms in total. The van der Waals surface area contributed by atoms with Crippen LogP contribution in [0, 0.1) is 5.82 Å². The summed E-state index contributed by atoms with van der Waals surface area (Å²) in [5, 5.41) is 0. The molecule has 1 fully saturated rings. The largest absolute Gasteiger partial charge is 0.472 e. The number of likely N-dealkylation sites (tertiary alicyclic amines) is 1. The number of rotatable bonds is 4. The Labute approximate surface area is 151 Å². The molecule has 3 rings (SSSR count). The average Bonchev–Trinajstić information content (AvgIpc) is 3.09. The SMILES string of the molecule is CN(C)C(=O)c1cccnc1OC1CCN(C(=O)c2cccc(F)c2)C1. The fourth-order valence-corrected chi connectivity index (χ4v) is 2.86. The number of pyridine rings is 1. The number of ether oxygens (including phenoxy) is 1. The zero-order valence-corrected chi connectivity index (χ0v) is 14.7. The number of benzene rings is 1. The van der Waals surface area contributed by atoms with Crippen LogP contribution in [-0.4, -0.2) is 59.9 Å². The van der Waals surface area contributed by atoms with Crippen molar-refractivity contribution in [1.82, 2.24) is 14.8 Å². The van der Waals surface area contributed by atoms with Crippen LogP contribution in [0.4, 0.5) is 4.39 Å². The van der Waals surface area contributed by atoms with Crippen LogP contribution >= 0.6 is 0 Å².